The van der Waals surface area contributed by atoms with Crippen molar-refractivity contribution >= 4 is 15.9 Å². The third-order valence-corrected chi connectivity index (χ3v) is 3.22. The summed E-state index contributed by atoms with van der Waals surface area (Å²) in [7, 11) is 0. The fraction of sp³-hybridized carbons (Fsp3) is 0.158. The second kappa shape index (κ2) is 7.59. The van der Waals surface area contributed by atoms with Gasteiger partial charge in [0.1, 0.15) is 0 Å². The fourth-order valence-corrected chi connectivity index (χ4v) is 1.87. The third kappa shape index (κ3) is 4.61. The minimum Gasteiger partial charge on any atom is -0.0979 e. The van der Waals surface area contributed by atoms with Gasteiger partial charge >= 0.3 is 0 Å². The van der Waals surface area contributed by atoms with E-state index >= 15 is 0 Å². The zero-order valence-electron chi connectivity index (χ0n) is 11.4. The van der Waals surface area contributed by atoms with Crippen LogP contribution in [0.15, 0.2) is 53.0 Å². The smallest absolute Gasteiger partial charge is 0.0249 e. The number of benzene rings is 2. The van der Waals surface area contributed by atoms with Crippen LogP contribution in [-0.4, -0.2) is 0 Å². The Morgan fingerprint density at radius 1 is 0.750 bits per heavy atom. The minimum atomic E-state index is 0.950. The second-order valence-corrected chi connectivity index (χ2v) is 5.30. The number of halogens is 1. The van der Waals surface area contributed by atoms with E-state index in [1.165, 1.54) is 0 Å². The summed E-state index contributed by atoms with van der Waals surface area (Å²) in [6.45, 7) is 2.13. The van der Waals surface area contributed by atoms with E-state index in [9.17, 15) is 0 Å². The highest BCUT2D eigenvalue weighted by atomic mass is 79.9. The fourth-order valence-electron chi connectivity index (χ4n) is 1.60. The molecule has 0 fully saturated rings. The van der Waals surface area contributed by atoms with Gasteiger partial charge < -0.3 is 0 Å². The molecule has 2 aromatic carbocycles. The topological polar surface area (TPSA) is 0 Å². The average molecular weight is 323 g/mol. The van der Waals surface area contributed by atoms with Crippen LogP contribution in [0.2, 0.25) is 0 Å². The van der Waals surface area contributed by atoms with Gasteiger partial charge in [-0.2, -0.15) is 0 Å². The Morgan fingerprint density at radius 3 is 1.70 bits per heavy atom. The van der Waals surface area contributed by atoms with Gasteiger partial charge in [0, 0.05) is 27.6 Å². The van der Waals surface area contributed by atoms with E-state index in [1.807, 2.05) is 48.5 Å². The number of hydrogen-bond donors (Lipinski definition) is 0. The van der Waals surface area contributed by atoms with E-state index in [2.05, 4.69) is 46.5 Å². The number of rotatable bonds is 1. The average Bonchev–Trinajstić information content (AvgIpc) is 2.48. The Bertz CT molecular complexity index is 671. The molecule has 0 radical (unpaired) electrons. The Balaban J connectivity index is 2.08. The van der Waals surface area contributed by atoms with Gasteiger partial charge in [-0.05, 0) is 55.0 Å². The molecule has 0 saturated carbocycles. The Labute approximate surface area is 129 Å². The molecule has 0 aliphatic rings. The molecule has 0 unspecified atom stereocenters. The quantitative estimate of drug-likeness (QED) is 0.648. The molecule has 0 spiro atoms. The van der Waals surface area contributed by atoms with Gasteiger partial charge in [0.05, 0.1) is 0 Å². The van der Waals surface area contributed by atoms with Gasteiger partial charge in [0.25, 0.3) is 0 Å². The Morgan fingerprint density at radius 2 is 1.20 bits per heavy atom. The normalized spacial score (nSPS) is 9.10. The van der Waals surface area contributed by atoms with E-state index < -0.39 is 0 Å². The van der Waals surface area contributed by atoms with Crippen molar-refractivity contribution in [3.8, 4) is 23.7 Å². The van der Waals surface area contributed by atoms with Crippen molar-refractivity contribution in [2.24, 2.45) is 0 Å². The highest BCUT2D eigenvalue weighted by Crippen LogP contribution is 2.10. The zero-order valence-corrected chi connectivity index (χ0v) is 13.0. The summed E-state index contributed by atoms with van der Waals surface area (Å²) in [6.07, 6.45) is 2.05. The molecule has 2 rings (SSSR count). The van der Waals surface area contributed by atoms with Crippen molar-refractivity contribution < 1.29 is 0 Å². The first kappa shape index (κ1) is 14.4. The molecule has 20 heavy (non-hydrogen) atoms. The van der Waals surface area contributed by atoms with Crippen molar-refractivity contribution in [3.05, 3.63) is 69.7 Å². The SMILES string of the molecule is CCCC#Cc1ccc(C#Cc2ccc(Br)cc2)cc1. The molecule has 0 N–H and O–H groups in total. The molecule has 0 heterocycles. The lowest BCUT2D eigenvalue weighted by molar-refractivity contribution is 0.983. The van der Waals surface area contributed by atoms with Crippen LogP contribution in [0.4, 0.5) is 0 Å². The van der Waals surface area contributed by atoms with Crippen molar-refractivity contribution in [2.75, 3.05) is 0 Å². The van der Waals surface area contributed by atoms with Crippen LogP contribution in [0.3, 0.4) is 0 Å². The van der Waals surface area contributed by atoms with E-state index in [4.69, 9.17) is 0 Å². The van der Waals surface area contributed by atoms with Crippen LogP contribution >= 0.6 is 15.9 Å². The summed E-state index contributed by atoms with van der Waals surface area (Å²) in [4.78, 5) is 0. The summed E-state index contributed by atoms with van der Waals surface area (Å²) in [5.74, 6) is 12.6. The maximum Gasteiger partial charge on any atom is 0.0249 e. The van der Waals surface area contributed by atoms with Gasteiger partial charge in [-0.3, -0.25) is 0 Å². The maximum atomic E-state index is 3.41. The summed E-state index contributed by atoms with van der Waals surface area (Å²) in [5.41, 5.74) is 3.07. The predicted molar refractivity (Wildman–Crippen MR) is 88.4 cm³/mol. The first-order chi connectivity index (χ1) is 9.78. The van der Waals surface area contributed by atoms with E-state index in [1.54, 1.807) is 0 Å². The van der Waals surface area contributed by atoms with Crippen molar-refractivity contribution in [2.45, 2.75) is 19.8 Å². The molecule has 2 aromatic rings. The molecule has 98 valence electrons. The first-order valence-electron chi connectivity index (χ1n) is 6.64. The van der Waals surface area contributed by atoms with Gasteiger partial charge in [-0.1, -0.05) is 46.5 Å². The van der Waals surface area contributed by atoms with Crippen LogP contribution in [0.1, 0.15) is 36.5 Å². The highest BCUT2D eigenvalue weighted by molar-refractivity contribution is 9.10. The van der Waals surface area contributed by atoms with Crippen molar-refractivity contribution in [1.29, 1.82) is 0 Å². The lowest BCUT2D eigenvalue weighted by Gasteiger charge is -1.93. The molecular formula is C19H15Br. The van der Waals surface area contributed by atoms with Gasteiger partial charge in [-0.15, -0.1) is 0 Å². The Hall–Kier alpha value is -1.96. The largest absolute Gasteiger partial charge is 0.0979 e. The molecule has 0 amide bonds. The van der Waals surface area contributed by atoms with Crippen LogP contribution in [0.5, 0.6) is 0 Å². The second-order valence-electron chi connectivity index (χ2n) is 4.39. The van der Waals surface area contributed by atoms with Crippen molar-refractivity contribution in [3.63, 3.8) is 0 Å². The van der Waals surface area contributed by atoms with Crippen molar-refractivity contribution in [1.82, 2.24) is 0 Å². The number of unbranched alkanes of at least 4 members (excludes halogenated alkanes) is 1. The zero-order chi connectivity index (χ0) is 14.2. The van der Waals surface area contributed by atoms with Crippen LogP contribution < -0.4 is 0 Å². The van der Waals surface area contributed by atoms with Gasteiger partial charge in [0.15, 0.2) is 0 Å². The molecule has 0 aromatic heterocycles. The van der Waals surface area contributed by atoms with E-state index in [0.29, 0.717) is 0 Å². The molecule has 1 heteroatoms. The third-order valence-electron chi connectivity index (χ3n) is 2.69. The molecule has 0 saturated heterocycles. The monoisotopic (exact) mass is 322 g/mol. The standard InChI is InChI=1S/C19H15Br/c1-2-3-4-5-16-6-8-17(9-7-16)10-11-18-12-14-19(20)15-13-18/h6-9,12-15H,2-3H2,1H3. The summed E-state index contributed by atoms with van der Waals surface area (Å²) in [5, 5.41) is 0. The lowest BCUT2D eigenvalue weighted by Crippen LogP contribution is -1.78. The number of hydrogen-bond acceptors (Lipinski definition) is 0. The molecule has 0 bridgehead atoms. The summed E-state index contributed by atoms with van der Waals surface area (Å²) < 4.78 is 1.07. The van der Waals surface area contributed by atoms with E-state index in [0.717, 1.165) is 34.0 Å². The van der Waals surface area contributed by atoms with Gasteiger partial charge in [0.2, 0.25) is 0 Å². The highest BCUT2D eigenvalue weighted by Gasteiger charge is 1.90. The summed E-state index contributed by atoms with van der Waals surface area (Å²) in [6, 6.07) is 16.1. The molecular weight excluding hydrogens is 308 g/mol. The van der Waals surface area contributed by atoms with Crippen LogP contribution in [0.25, 0.3) is 0 Å². The lowest BCUT2D eigenvalue weighted by atomic mass is 10.1. The summed E-state index contributed by atoms with van der Waals surface area (Å²) >= 11 is 3.41. The van der Waals surface area contributed by atoms with Crippen LogP contribution in [-0.2, 0) is 0 Å². The van der Waals surface area contributed by atoms with E-state index in [-0.39, 0.29) is 0 Å². The molecule has 0 atom stereocenters. The molecule has 0 aliphatic heterocycles. The van der Waals surface area contributed by atoms with Crippen LogP contribution in [0, 0.1) is 23.7 Å². The minimum absolute atomic E-state index is 0.950. The Kier molecular flexibility index (Phi) is 5.48. The first-order valence-corrected chi connectivity index (χ1v) is 7.44. The maximum absolute atomic E-state index is 3.41. The van der Waals surface area contributed by atoms with Gasteiger partial charge in [-0.25, -0.2) is 0 Å². The predicted octanol–water partition coefficient (Wildman–Crippen LogP) is 5.00. The molecule has 0 nitrogen and oxygen atoms in total. The molecule has 0 aliphatic carbocycles.